The molecule has 0 amide bonds. The van der Waals surface area contributed by atoms with Gasteiger partial charge in [0.1, 0.15) is 0 Å². The first-order chi connectivity index (χ1) is 8.84. The van der Waals surface area contributed by atoms with Gasteiger partial charge in [0.05, 0.1) is 12.2 Å². The standard InChI is InChI=1S/C15H19N3/c16-15-9-5-4-8-14(15)12-10-17-18(11-12)13-6-2-1-3-7-13/h4-5,8-11,13H,1-3,6-7,16H2. The summed E-state index contributed by atoms with van der Waals surface area (Å²) in [4.78, 5) is 0. The summed E-state index contributed by atoms with van der Waals surface area (Å²) in [6.45, 7) is 0. The van der Waals surface area contributed by atoms with Gasteiger partial charge in [0, 0.05) is 23.0 Å². The number of aromatic nitrogens is 2. The smallest absolute Gasteiger partial charge is 0.0569 e. The second-order valence-electron chi connectivity index (χ2n) is 5.09. The van der Waals surface area contributed by atoms with Gasteiger partial charge in [0.2, 0.25) is 0 Å². The lowest BCUT2D eigenvalue weighted by atomic mass is 9.96. The van der Waals surface area contributed by atoms with Crippen LogP contribution >= 0.6 is 0 Å². The summed E-state index contributed by atoms with van der Waals surface area (Å²) in [5.41, 5.74) is 9.03. The topological polar surface area (TPSA) is 43.8 Å². The summed E-state index contributed by atoms with van der Waals surface area (Å²) in [7, 11) is 0. The number of benzene rings is 1. The molecule has 0 radical (unpaired) electrons. The Morgan fingerprint density at radius 2 is 1.89 bits per heavy atom. The number of nitrogens with two attached hydrogens (primary N) is 1. The molecule has 1 saturated carbocycles. The summed E-state index contributed by atoms with van der Waals surface area (Å²) >= 11 is 0. The molecular weight excluding hydrogens is 222 g/mol. The van der Waals surface area contributed by atoms with Crippen LogP contribution < -0.4 is 5.73 Å². The van der Waals surface area contributed by atoms with Crippen molar-refractivity contribution in [2.75, 3.05) is 5.73 Å². The first-order valence-corrected chi connectivity index (χ1v) is 6.73. The predicted octanol–water partition coefficient (Wildman–Crippen LogP) is 3.64. The van der Waals surface area contributed by atoms with Crippen LogP contribution in [0.5, 0.6) is 0 Å². The van der Waals surface area contributed by atoms with Gasteiger partial charge in [-0.3, -0.25) is 4.68 Å². The number of hydrogen-bond acceptors (Lipinski definition) is 2. The van der Waals surface area contributed by atoms with Crippen molar-refractivity contribution >= 4 is 5.69 Å². The molecular formula is C15H19N3. The first-order valence-electron chi connectivity index (χ1n) is 6.73. The highest BCUT2D eigenvalue weighted by molar-refractivity contribution is 5.75. The average Bonchev–Trinajstić information content (AvgIpc) is 2.90. The molecule has 3 heteroatoms. The van der Waals surface area contributed by atoms with Gasteiger partial charge < -0.3 is 5.73 Å². The van der Waals surface area contributed by atoms with Crippen molar-refractivity contribution in [3.8, 4) is 11.1 Å². The van der Waals surface area contributed by atoms with Crippen LogP contribution in [0, 0.1) is 0 Å². The normalized spacial score (nSPS) is 16.9. The number of anilines is 1. The lowest BCUT2D eigenvalue weighted by molar-refractivity contribution is 0.329. The van der Waals surface area contributed by atoms with E-state index in [-0.39, 0.29) is 0 Å². The van der Waals surface area contributed by atoms with E-state index >= 15 is 0 Å². The molecule has 0 saturated heterocycles. The van der Waals surface area contributed by atoms with Gasteiger partial charge in [-0.1, -0.05) is 37.5 Å². The van der Waals surface area contributed by atoms with Crippen molar-refractivity contribution in [3.63, 3.8) is 0 Å². The van der Waals surface area contributed by atoms with Gasteiger partial charge >= 0.3 is 0 Å². The molecule has 2 aromatic rings. The van der Waals surface area contributed by atoms with Crippen molar-refractivity contribution in [1.82, 2.24) is 9.78 Å². The zero-order valence-electron chi connectivity index (χ0n) is 10.5. The Balaban J connectivity index is 1.87. The molecule has 1 aliphatic rings. The lowest BCUT2D eigenvalue weighted by Crippen LogP contribution is -2.12. The third-order valence-corrected chi connectivity index (χ3v) is 3.82. The number of hydrogen-bond donors (Lipinski definition) is 1. The fraction of sp³-hybridized carbons (Fsp3) is 0.400. The van der Waals surface area contributed by atoms with Crippen molar-refractivity contribution in [2.45, 2.75) is 38.1 Å². The molecule has 1 heterocycles. The fourth-order valence-corrected chi connectivity index (χ4v) is 2.78. The fourth-order valence-electron chi connectivity index (χ4n) is 2.78. The molecule has 2 N–H and O–H groups in total. The molecule has 0 atom stereocenters. The van der Waals surface area contributed by atoms with Gasteiger partial charge in [0.15, 0.2) is 0 Å². The van der Waals surface area contributed by atoms with Gasteiger partial charge in [-0.2, -0.15) is 5.10 Å². The largest absolute Gasteiger partial charge is 0.398 e. The molecule has 3 rings (SSSR count). The zero-order valence-corrected chi connectivity index (χ0v) is 10.5. The highest BCUT2D eigenvalue weighted by Gasteiger charge is 2.16. The molecule has 18 heavy (non-hydrogen) atoms. The maximum absolute atomic E-state index is 6.00. The van der Waals surface area contributed by atoms with E-state index in [0.717, 1.165) is 16.8 Å². The van der Waals surface area contributed by atoms with E-state index in [4.69, 9.17) is 5.73 Å². The highest BCUT2D eigenvalue weighted by atomic mass is 15.3. The van der Waals surface area contributed by atoms with E-state index in [9.17, 15) is 0 Å². The third-order valence-electron chi connectivity index (χ3n) is 3.82. The van der Waals surface area contributed by atoms with Gasteiger partial charge in [0.25, 0.3) is 0 Å². The van der Waals surface area contributed by atoms with E-state index in [2.05, 4.69) is 22.0 Å². The molecule has 0 unspecified atom stereocenters. The molecule has 0 bridgehead atoms. The van der Waals surface area contributed by atoms with Crippen molar-refractivity contribution < 1.29 is 0 Å². The van der Waals surface area contributed by atoms with Crippen LogP contribution in [-0.4, -0.2) is 9.78 Å². The SMILES string of the molecule is Nc1ccccc1-c1cnn(C2CCCCC2)c1. The Labute approximate surface area is 108 Å². The van der Waals surface area contributed by atoms with Crippen LogP contribution in [0.25, 0.3) is 11.1 Å². The lowest BCUT2D eigenvalue weighted by Gasteiger charge is -2.21. The monoisotopic (exact) mass is 241 g/mol. The molecule has 1 aromatic carbocycles. The predicted molar refractivity (Wildman–Crippen MR) is 74.2 cm³/mol. The van der Waals surface area contributed by atoms with Crippen LogP contribution in [0.15, 0.2) is 36.7 Å². The van der Waals surface area contributed by atoms with E-state index < -0.39 is 0 Å². The van der Waals surface area contributed by atoms with Gasteiger partial charge in [-0.25, -0.2) is 0 Å². The summed E-state index contributed by atoms with van der Waals surface area (Å²) < 4.78 is 2.13. The average molecular weight is 241 g/mol. The van der Waals surface area contributed by atoms with E-state index in [0.29, 0.717) is 6.04 Å². The Hall–Kier alpha value is -1.77. The Kier molecular flexibility index (Phi) is 3.05. The molecule has 0 spiro atoms. The number of nitrogen functional groups attached to an aromatic ring is 1. The second kappa shape index (κ2) is 4.84. The summed E-state index contributed by atoms with van der Waals surface area (Å²) in [6, 6.07) is 8.55. The zero-order chi connectivity index (χ0) is 12.4. The molecule has 0 aliphatic heterocycles. The minimum Gasteiger partial charge on any atom is -0.398 e. The summed E-state index contributed by atoms with van der Waals surface area (Å²) in [5.74, 6) is 0. The van der Waals surface area contributed by atoms with Crippen molar-refractivity contribution in [3.05, 3.63) is 36.7 Å². The van der Waals surface area contributed by atoms with E-state index in [1.165, 1.54) is 32.1 Å². The minimum atomic E-state index is 0.581. The Bertz CT molecular complexity index is 524. The number of rotatable bonds is 2. The highest BCUT2D eigenvalue weighted by Crippen LogP contribution is 2.30. The maximum atomic E-state index is 6.00. The molecule has 1 fully saturated rings. The van der Waals surface area contributed by atoms with E-state index in [1.54, 1.807) is 0 Å². The Morgan fingerprint density at radius 1 is 1.11 bits per heavy atom. The van der Waals surface area contributed by atoms with Crippen LogP contribution in [0.2, 0.25) is 0 Å². The van der Waals surface area contributed by atoms with Crippen molar-refractivity contribution in [1.29, 1.82) is 0 Å². The quantitative estimate of drug-likeness (QED) is 0.816. The second-order valence-corrected chi connectivity index (χ2v) is 5.09. The molecule has 1 aromatic heterocycles. The van der Waals surface area contributed by atoms with Crippen LogP contribution in [0.3, 0.4) is 0 Å². The third kappa shape index (κ3) is 2.13. The maximum Gasteiger partial charge on any atom is 0.0569 e. The van der Waals surface area contributed by atoms with Crippen LogP contribution in [-0.2, 0) is 0 Å². The van der Waals surface area contributed by atoms with Gasteiger partial charge in [-0.15, -0.1) is 0 Å². The Morgan fingerprint density at radius 3 is 2.67 bits per heavy atom. The van der Waals surface area contributed by atoms with Crippen LogP contribution in [0.1, 0.15) is 38.1 Å². The number of para-hydroxylation sites is 1. The first kappa shape index (κ1) is 11.3. The molecule has 94 valence electrons. The molecule has 3 nitrogen and oxygen atoms in total. The minimum absolute atomic E-state index is 0.581. The van der Waals surface area contributed by atoms with Crippen molar-refractivity contribution in [2.24, 2.45) is 0 Å². The molecule has 1 aliphatic carbocycles. The summed E-state index contributed by atoms with van der Waals surface area (Å²) in [6.07, 6.45) is 10.6. The summed E-state index contributed by atoms with van der Waals surface area (Å²) in [5, 5.41) is 4.52. The van der Waals surface area contributed by atoms with Crippen LogP contribution in [0.4, 0.5) is 5.69 Å². The van der Waals surface area contributed by atoms with Gasteiger partial charge in [-0.05, 0) is 18.9 Å². The van der Waals surface area contributed by atoms with E-state index in [1.807, 2.05) is 24.4 Å². The number of nitrogens with zero attached hydrogens (tertiary/aromatic N) is 2.